The van der Waals surface area contributed by atoms with Crippen molar-refractivity contribution in [2.45, 2.75) is 32.9 Å². The van der Waals surface area contributed by atoms with Crippen LogP contribution in [0.15, 0.2) is 53.5 Å². The number of benzene rings is 2. The summed E-state index contributed by atoms with van der Waals surface area (Å²) in [5.74, 6) is 1.13. The van der Waals surface area contributed by atoms with Gasteiger partial charge in [-0.2, -0.15) is 0 Å². The van der Waals surface area contributed by atoms with Gasteiger partial charge in [-0.15, -0.1) is 24.0 Å². The molecule has 1 atom stereocenters. The van der Waals surface area contributed by atoms with E-state index in [4.69, 9.17) is 0 Å². The van der Waals surface area contributed by atoms with Crippen molar-refractivity contribution in [3.05, 3.63) is 59.7 Å². The molecule has 146 valence electrons. The van der Waals surface area contributed by atoms with E-state index in [1.165, 1.54) is 11.3 Å². The minimum Gasteiger partial charge on any atom is -0.508 e. The van der Waals surface area contributed by atoms with Gasteiger partial charge in [0.1, 0.15) is 5.75 Å². The second-order valence-electron chi connectivity index (χ2n) is 6.77. The van der Waals surface area contributed by atoms with E-state index in [1.807, 2.05) is 12.1 Å². The fraction of sp³-hybridized carbons (Fsp3) is 0.381. The first-order valence-corrected chi connectivity index (χ1v) is 9.28. The van der Waals surface area contributed by atoms with Gasteiger partial charge in [0.05, 0.1) is 6.54 Å². The molecule has 1 saturated heterocycles. The van der Waals surface area contributed by atoms with Crippen LogP contribution in [0.4, 0.5) is 5.69 Å². The predicted molar refractivity (Wildman–Crippen MR) is 123 cm³/mol. The van der Waals surface area contributed by atoms with Crippen molar-refractivity contribution < 1.29 is 5.11 Å². The Morgan fingerprint density at radius 1 is 1.15 bits per heavy atom. The molecule has 0 aliphatic carbocycles. The molecular formula is C21H29IN4O. The molecule has 2 aromatic carbocycles. The third-order valence-electron chi connectivity index (χ3n) is 4.63. The van der Waals surface area contributed by atoms with Crippen LogP contribution in [0.25, 0.3) is 0 Å². The number of aryl methyl sites for hydroxylation is 1. The highest BCUT2D eigenvalue weighted by Gasteiger charge is 2.23. The summed E-state index contributed by atoms with van der Waals surface area (Å²) in [5.41, 5.74) is 3.65. The molecule has 5 nitrogen and oxygen atoms in total. The monoisotopic (exact) mass is 480 g/mol. The van der Waals surface area contributed by atoms with Gasteiger partial charge in [0.25, 0.3) is 0 Å². The van der Waals surface area contributed by atoms with Crippen LogP contribution in [0.3, 0.4) is 0 Å². The Kier molecular flexibility index (Phi) is 8.22. The number of guanidine groups is 1. The zero-order valence-corrected chi connectivity index (χ0v) is 18.3. The first kappa shape index (κ1) is 21.3. The maximum atomic E-state index is 9.38. The average Bonchev–Trinajstić information content (AvgIpc) is 3.10. The molecule has 0 bridgehead atoms. The number of phenols is 1. The molecule has 1 aliphatic heterocycles. The van der Waals surface area contributed by atoms with Gasteiger partial charge in [0, 0.05) is 31.4 Å². The van der Waals surface area contributed by atoms with Crippen molar-refractivity contribution >= 4 is 35.6 Å². The molecule has 1 unspecified atom stereocenters. The van der Waals surface area contributed by atoms with Crippen LogP contribution in [-0.2, 0) is 6.54 Å². The molecule has 0 aromatic heterocycles. The lowest BCUT2D eigenvalue weighted by Crippen LogP contribution is -2.44. The molecule has 0 saturated carbocycles. The number of aromatic hydroxyl groups is 1. The summed E-state index contributed by atoms with van der Waals surface area (Å²) in [6.45, 7) is 7.64. The number of hydrogen-bond acceptors (Lipinski definition) is 3. The molecule has 3 rings (SSSR count). The average molecular weight is 480 g/mol. The largest absolute Gasteiger partial charge is 0.508 e. The smallest absolute Gasteiger partial charge is 0.191 e. The second-order valence-corrected chi connectivity index (χ2v) is 6.77. The minimum atomic E-state index is 0. The summed E-state index contributed by atoms with van der Waals surface area (Å²) >= 11 is 0. The quantitative estimate of drug-likeness (QED) is 0.348. The van der Waals surface area contributed by atoms with E-state index in [1.54, 1.807) is 12.1 Å². The number of aliphatic imine (C=N–C) groups is 1. The zero-order chi connectivity index (χ0) is 18.4. The fourth-order valence-corrected chi connectivity index (χ4v) is 3.15. The lowest BCUT2D eigenvalue weighted by molar-refractivity contribution is 0.475. The number of nitrogens with zero attached hydrogens (tertiary/aromatic N) is 2. The number of rotatable bonds is 5. The van der Waals surface area contributed by atoms with Crippen molar-refractivity contribution in [3.63, 3.8) is 0 Å². The molecule has 0 amide bonds. The van der Waals surface area contributed by atoms with Gasteiger partial charge >= 0.3 is 0 Å². The Bertz CT molecular complexity index is 731. The van der Waals surface area contributed by atoms with Gasteiger partial charge in [0.15, 0.2) is 5.96 Å². The van der Waals surface area contributed by atoms with Crippen LogP contribution in [0.5, 0.6) is 5.75 Å². The number of phenolic OH excluding ortho intramolecular Hbond substituents is 1. The van der Waals surface area contributed by atoms with Crippen LogP contribution >= 0.6 is 24.0 Å². The molecule has 1 heterocycles. The molecule has 0 radical (unpaired) electrons. The van der Waals surface area contributed by atoms with Crippen LogP contribution in [0, 0.1) is 6.92 Å². The van der Waals surface area contributed by atoms with E-state index >= 15 is 0 Å². The summed E-state index contributed by atoms with van der Waals surface area (Å²) < 4.78 is 0. The highest BCUT2D eigenvalue weighted by Crippen LogP contribution is 2.20. The van der Waals surface area contributed by atoms with E-state index in [-0.39, 0.29) is 29.7 Å². The van der Waals surface area contributed by atoms with Crippen molar-refractivity contribution in [1.82, 2.24) is 10.6 Å². The van der Waals surface area contributed by atoms with Gasteiger partial charge < -0.3 is 20.6 Å². The van der Waals surface area contributed by atoms with Crippen LogP contribution < -0.4 is 15.5 Å². The highest BCUT2D eigenvalue weighted by atomic mass is 127. The maximum absolute atomic E-state index is 9.38. The third-order valence-corrected chi connectivity index (χ3v) is 4.63. The highest BCUT2D eigenvalue weighted by molar-refractivity contribution is 14.0. The summed E-state index contributed by atoms with van der Waals surface area (Å²) in [5, 5.41) is 16.3. The lowest BCUT2D eigenvalue weighted by Gasteiger charge is -2.20. The second kappa shape index (κ2) is 10.4. The number of nitrogens with one attached hydrogen (secondary N) is 2. The van der Waals surface area contributed by atoms with E-state index in [2.05, 4.69) is 58.6 Å². The van der Waals surface area contributed by atoms with Crippen molar-refractivity contribution in [2.24, 2.45) is 4.99 Å². The molecule has 3 N–H and O–H groups in total. The van der Waals surface area contributed by atoms with Crippen molar-refractivity contribution in [2.75, 3.05) is 24.5 Å². The van der Waals surface area contributed by atoms with Crippen molar-refractivity contribution in [1.29, 1.82) is 0 Å². The molecule has 1 aliphatic rings. The molecule has 1 fully saturated rings. The number of halogens is 1. The lowest BCUT2D eigenvalue weighted by atomic mass is 10.2. The Morgan fingerprint density at radius 2 is 1.85 bits per heavy atom. The minimum absolute atomic E-state index is 0. The number of anilines is 1. The summed E-state index contributed by atoms with van der Waals surface area (Å²) in [6.07, 6.45) is 1.09. The molecular weight excluding hydrogens is 451 g/mol. The van der Waals surface area contributed by atoms with Gasteiger partial charge in [-0.25, -0.2) is 4.99 Å². The molecule has 6 heteroatoms. The third kappa shape index (κ3) is 6.30. The van der Waals surface area contributed by atoms with Gasteiger partial charge in [-0.1, -0.05) is 29.8 Å². The van der Waals surface area contributed by atoms with E-state index in [0.717, 1.165) is 37.6 Å². The Morgan fingerprint density at radius 3 is 2.52 bits per heavy atom. The van der Waals surface area contributed by atoms with Crippen LogP contribution in [0.1, 0.15) is 24.5 Å². The number of hydrogen-bond donors (Lipinski definition) is 3. The first-order chi connectivity index (χ1) is 12.6. The first-order valence-electron chi connectivity index (χ1n) is 9.28. The fourth-order valence-electron chi connectivity index (χ4n) is 3.15. The summed E-state index contributed by atoms with van der Waals surface area (Å²) in [7, 11) is 0. The summed E-state index contributed by atoms with van der Waals surface area (Å²) in [4.78, 5) is 7.10. The summed E-state index contributed by atoms with van der Waals surface area (Å²) in [6, 6.07) is 16.3. The van der Waals surface area contributed by atoms with E-state index < -0.39 is 0 Å². The van der Waals surface area contributed by atoms with E-state index in [0.29, 0.717) is 12.6 Å². The SMILES string of the molecule is CCNC(=NCc1ccc(O)cc1)NC1CCN(c2ccc(C)cc2)C1.I. The zero-order valence-electron chi connectivity index (χ0n) is 16.0. The molecule has 27 heavy (non-hydrogen) atoms. The predicted octanol–water partition coefficient (Wildman–Crippen LogP) is 3.65. The van der Waals surface area contributed by atoms with Gasteiger partial charge in [-0.3, -0.25) is 0 Å². The Balaban J connectivity index is 0.00000261. The van der Waals surface area contributed by atoms with Crippen LogP contribution in [0.2, 0.25) is 0 Å². The standard InChI is InChI=1S/C21H28N4O.HI/c1-3-22-21(23-14-17-6-10-20(26)11-7-17)24-18-12-13-25(15-18)19-8-4-16(2)5-9-19;/h4-11,18,26H,3,12-15H2,1-2H3,(H2,22,23,24);1H. The topological polar surface area (TPSA) is 59.9 Å². The van der Waals surface area contributed by atoms with Crippen molar-refractivity contribution in [3.8, 4) is 5.75 Å². The normalized spacial score (nSPS) is 16.7. The van der Waals surface area contributed by atoms with Gasteiger partial charge in [-0.05, 0) is 50.1 Å². The maximum Gasteiger partial charge on any atom is 0.191 e. The van der Waals surface area contributed by atoms with Gasteiger partial charge in [0.2, 0.25) is 0 Å². The Labute approximate surface area is 178 Å². The molecule has 0 spiro atoms. The van der Waals surface area contributed by atoms with E-state index in [9.17, 15) is 5.11 Å². The Hall–Kier alpha value is -1.96. The van der Waals surface area contributed by atoms with Crippen LogP contribution in [-0.4, -0.2) is 36.7 Å². The molecule has 2 aromatic rings.